The zero-order chi connectivity index (χ0) is 15.0. The normalized spacial score (nSPS) is 16.6. The van der Waals surface area contributed by atoms with E-state index < -0.39 is 5.60 Å². The first kappa shape index (κ1) is 13.2. The Morgan fingerprint density at radius 1 is 1.18 bits per heavy atom. The maximum atomic E-state index is 10.3. The molecule has 0 unspecified atom stereocenters. The summed E-state index contributed by atoms with van der Waals surface area (Å²) < 4.78 is 0. The van der Waals surface area contributed by atoms with Gasteiger partial charge in [0, 0.05) is 40.0 Å². The van der Waals surface area contributed by atoms with E-state index in [1.165, 1.54) is 0 Å². The van der Waals surface area contributed by atoms with Gasteiger partial charge in [-0.2, -0.15) is 5.10 Å². The maximum absolute atomic E-state index is 10.3. The molecule has 0 amide bonds. The monoisotopic (exact) mass is 291 g/mol. The molecule has 4 heteroatoms. The number of hydrogen-bond donors (Lipinski definition) is 3. The number of H-pyrrole nitrogens is 2. The van der Waals surface area contributed by atoms with Gasteiger partial charge in [-0.25, -0.2) is 0 Å². The first-order valence-electron chi connectivity index (χ1n) is 7.59. The third kappa shape index (κ3) is 2.30. The largest absolute Gasteiger partial charge is 0.378 e. The third-order valence-electron chi connectivity index (χ3n) is 4.36. The summed E-state index contributed by atoms with van der Waals surface area (Å²) in [4.78, 5) is 3.27. The number of hydrogen-bond acceptors (Lipinski definition) is 2. The van der Waals surface area contributed by atoms with Crippen LogP contribution in [-0.4, -0.2) is 25.9 Å². The van der Waals surface area contributed by atoms with Crippen LogP contribution in [-0.2, 0) is 0 Å². The van der Waals surface area contributed by atoms with Crippen LogP contribution in [0.25, 0.3) is 22.0 Å². The number of nitrogens with one attached hydrogen (secondary N) is 2. The number of rotatable bonds is 1. The molecule has 0 radical (unpaired) electrons. The molecule has 1 aromatic carbocycles. The molecule has 3 aromatic rings. The topological polar surface area (TPSA) is 64.7 Å². The van der Waals surface area contributed by atoms with Crippen LogP contribution in [0.3, 0.4) is 0 Å². The van der Waals surface area contributed by atoms with Crippen LogP contribution < -0.4 is 0 Å². The fraction of sp³-hybridized carbons (Fsp3) is 0.278. The van der Waals surface area contributed by atoms with Crippen molar-refractivity contribution in [3.63, 3.8) is 0 Å². The smallest absolute Gasteiger partial charge is 0.125 e. The Bertz CT molecular complexity index is 859. The summed E-state index contributed by atoms with van der Waals surface area (Å²) in [5.74, 6) is 6.21. The number of aromatic nitrogens is 3. The summed E-state index contributed by atoms with van der Waals surface area (Å²) in [6.45, 7) is 0. The van der Waals surface area contributed by atoms with Crippen molar-refractivity contribution in [3.8, 4) is 23.0 Å². The number of benzene rings is 1. The van der Waals surface area contributed by atoms with E-state index in [1.807, 2.05) is 30.7 Å². The Kier molecular flexibility index (Phi) is 3.02. The number of aromatic amines is 2. The van der Waals surface area contributed by atoms with Crippen LogP contribution in [0.5, 0.6) is 0 Å². The maximum Gasteiger partial charge on any atom is 0.125 e. The molecule has 0 spiro atoms. The van der Waals surface area contributed by atoms with Crippen molar-refractivity contribution in [2.45, 2.75) is 31.3 Å². The lowest BCUT2D eigenvalue weighted by Crippen LogP contribution is -2.20. The summed E-state index contributed by atoms with van der Waals surface area (Å²) in [6.07, 6.45) is 9.36. The molecule has 0 bridgehead atoms. The van der Waals surface area contributed by atoms with Crippen LogP contribution in [0.2, 0.25) is 0 Å². The number of aliphatic hydroxyl groups is 1. The highest BCUT2D eigenvalue weighted by atomic mass is 16.3. The highest BCUT2D eigenvalue weighted by molar-refractivity contribution is 5.96. The van der Waals surface area contributed by atoms with Gasteiger partial charge < -0.3 is 10.1 Å². The lowest BCUT2D eigenvalue weighted by Gasteiger charge is -2.12. The summed E-state index contributed by atoms with van der Waals surface area (Å²) >= 11 is 0. The molecule has 0 atom stereocenters. The Hall–Kier alpha value is -2.51. The van der Waals surface area contributed by atoms with Crippen molar-refractivity contribution in [1.82, 2.24) is 15.2 Å². The molecule has 1 aliphatic rings. The van der Waals surface area contributed by atoms with E-state index >= 15 is 0 Å². The second-order valence-electron chi connectivity index (χ2n) is 5.94. The lowest BCUT2D eigenvalue weighted by atomic mass is 10.0. The van der Waals surface area contributed by atoms with Crippen LogP contribution in [0.4, 0.5) is 0 Å². The van der Waals surface area contributed by atoms with Gasteiger partial charge in [0.25, 0.3) is 0 Å². The van der Waals surface area contributed by atoms with E-state index in [2.05, 4.69) is 33.1 Å². The molecule has 4 rings (SSSR count). The summed E-state index contributed by atoms with van der Waals surface area (Å²) in [5.41, 5.74) is 3.36. The minimum Gasteiger partial charge on any atom is -0.378 e. The fourth-order valence-corrected chi connectivity index (χ4v) is 3.11. The standard InChI is InChI=1S/C18H17N3O/c22-18(6-1-2-7-18)8-5-13-3-4-17-15(9-13)16(12-19-17)14-10-20-21-11-14/h3-4,9-12,19,22H,1-2,6-7H2,(H,20,21). The molecule has 2 aromatic heterocycles. The molecular weight excluding hydrogens is 274 g/mol. The zero-order valence-electron chi connectivity index (χ0n) is 12.2. The molecule has 1 saturated carbocycles. The van der Waals surface area contributed by atoms with E-state index in [4.69, 9.17) is 0 Å². The van der Waals surface area contributed by atoms with Crippen molar-refractivity contribution in [2.24, 2.45) is 0 Å². The van der Waals surface area contributed by atoms with Gasteiger partial charge in [0.2, 0.25) is 0 Å². The Morgan fingerprint density at radius 3 is 2.82 bits per heavy atom. The second kappa shape index (κ2) is 5.04. The molecular formula is C18H17N3O. The quantitative estimate of drug-likeness (QED) is 0.603. The van der Waals surface area contributed by atoms with Gasteiger partial charge in [0.15, 0.2) is 0 Å². The van der Waals surface area contributed by atoms with Crippen LogP contribution in [0, 0.1) is 11.8 Å². The highest BCUT2D eigenvalue weighted by Gasteiger charge is 2.28. The van der Waals surface area contributed by atoms with Gasteiger partial charge in [-0.05, 0) is 43.9 Å². The SMILES string of the molecule is OC1(C#Cc2ccc3[nH]cc(-c4cn[nH]c4)c3c2)CCCC1. The van der Waals surface area contributed by atoms with Crippen molar-refractivity contribution in [1.29, 1.82) is 0 Å². The second-order valence-corrected chi connectivity index (χ2v) is 5.94. The first-order valence-corrected chi connectivity index (χ1v) is 7.59. The molecule has 4 nitrogen and oxygen atoms in total. The van der Waals surface area contributed by atoms with Crippen LogP contribution >= 0.6 is 0 Å². The van der Waals surface area contributed by atoms with E-state index in [-0.39, 0.29) is 0 Å². The van der Waals surface area contributed by atoms with E-state index in [0.29, 0.717) is 0 Å². The van der Waals surface area contributed by atoms with Gasteiger partial charge in [-0.3, -0.25) is 5.10 Å². The van der Waals surface area contributed by atoms with E-state index in [1.54, 1.807) is 0 Å². The van der Waals surface area contributed by atoms with Gasteiger partial charge in [0.1, 0.15) is 5.60 Å². The van der Waals surface area contributed by atoms with Gasteiger partial charge in [-0.1, -0.05) is 11.8 Å². The van der Waals surface area contributed by atoms with Crippen molar-refractivity contribution in [3.05, 3.63) is 42.4 Å². The fourth-order valence-electron chi connectivity index (χ4n) is 3.11. The Labute approximate surface area is 128 Å². The molecule has 0 saturated heterocycles. The summed E-state index contributed by atoms with van der Waals surface area (Å²) in [6, 6.07) is 6.09. The van der Waals surface area contributed by atoms with E-state index in [0.717, 1.165) is 53.3 Å². The van der Waals surface area contributed by atoms with Crippen LogP contribution in [0.15, 0.2) is 36.8 Å². The molecule has 1 fully saturated rings. The minimum absolute atomic E-state index is 0.784. The van der Waals surface area contributed by atoms with Gasteiger partial charge in [0.05, 0.1) is 6.20 Å². The molecule has 1 aliphatic carbocycles. The van der Waals surface area contributed by atoms with Crippen molar-refractivity contribution < 1.29 is 5.11 Å². The molecule has 3 N–H and O–H groups in total. The number of fused-ring (bicyclic) bond motifs is 1. The predicted molar refractivity (Wildman–Crippen MR) is 86.2 cm³/mol. The summed E-state index contributed by atoms with van der Waals surface area (Å²) in [5, 5.41) is 18.3. The average molecular weight is 291 g/mol. The molecule has 22 heavy (non-hydrogen) atoms. The van der Waals surface area contributed by atoms with Crippen LogP contribution in [0.1, 0.15) is 31.2 Å². The van der Waals surface area contributed by atoms with E-state index in [9.17, 15) is 5.11 Å². The third-order valence-corrected chi connectivity index (χ3v) is 4.36. The molecule has 2 heterocycles. The summed E-state index contributed by atoms with van der Waals surface area (Å²) in [7, 11) is 0. The minimum atomic E-state index is -0.791. The molecule has 0 aliphatic heterocycles. The molecule has 110 valence electrons. The first-order chi connectivity index (χ1) is 10.7. The lowest BCUT2D eigenvalue weighted by molar-refractivity contribution is 0.110. The number of nitrogens with zero attached hydrogens (tertiary/aromatic N) is 1. The van der Waals surface area contributed by atoms with Crippen molar-refractivity contribution in [2.75, 3.05) is 0 Å². The highest BCUT2D eigenvalue weighted by Crippen LogP contribution is 2.30. The Balaban J connectivity index is 1.74. The predicted octanol–water partition coefficient (Wildman–Crippen LogP) is 3.21. The van der Waals surface area contributed by atoms with Gasteiger partial charge in [-0.15, -0.1) is 0 Å². The van der Waals surface area contributed by atoms with Gasteiger partial charge >= 0.3 is 0 Å². The Morgan fingerprint density at radius 2 is 2.05 bits per heavy atom. The van der Waals surface area contributed by atoms with Crippen molar-refractivity contribution >= 4 is 10.9 Å². The average Bonchev–Trinajstić information content (AvgIpc) is 3.25. The zero-order valence-corrected chi connectivity index (χ0v) is 12.2.